The largest absolute Gasteiger partial charge is 0.478 e. The molecule has 0 amide bonds. The Balaban J connectivity index is 2.11. The zero-order valence-electron chi connectivity index (χ0n) is 10.4. The Morgan fingerprint density at radius 2 is 1.80 bits per heavy atom. The van der Waals surface area contributed by atoms with E-state index in [1.807, 2.05) is 0 Å². The molecule has 0 heterocycles. The molecule has 1 atom stereocenters. The van der Waals surface area contributed by atoms with E-state index in [9.17, 15) is 9.90 Å². The zero-order valence-corrected chi connectivity index (χ0v) is 11.9. The van der Waals surface area contributed by atoms with Crippen molar-refractivity contribution in [2.75, 3.05) is 0 Å². The van der Waals surface area contributed by atoms with Crippen LogP contribution >= 0.6 is 23.2 Å². The molecule has 0 saturated heterocycles. The lowest BCUT2D eigenvalue weighted by Gasteiger charge is -2.15. The van der Waals surface area contributed by atoms with Crippen LogP contribution in [0.4, 0.5) is 0 Å². The Labute approximate surface area is 126 Å². The number of carboxylic acid groups (broad SMARTS) is 1. The van der Waals surface area contributed by atoms with Gasteiger partial charge >= 0.3 is 5.97 Å². The Hall–Kier alpha value is -1.71. The van der Waals surface area contributed by atoms with E-state index < -0.39 is 12.1 Å². The van der Waals surface area contributed by atoms with Gasteiger partial charge in [0.25, 0.3) is 0 Å². The molecule has 0 aliphatic heterocycles. The highest BCUT2D eigenvalue weighted by atomic mass is 35.5. The van der Waals surface area contributed by atoms with Gasteiger partial charge in [-0.15, -0.1) is 0 Å². The fraction of sp³-hybridized carbons (Fsp3) is 0.133. The SMILES string of the molecule is O=C(O)C(Cc1ccc(Cl)cc1)Oc1cccc(Cl)c1. The Kier molecular flexibility index (Phi) is 4.88. The molecule has 0 aliphatic carbocycles. The summed E-state index contributed by atoms with van der Waals surface area (Å²) < 4.78 is 5.47. The van der Waals surface area contributed by atoms with E-state index in [1.165, 1.54) is 0 Å². The summed E-state index contributed by atoms with van der Waals surface area (Å²) in [5.74, 6) is -0.598. The van der Waals surface area contributed by atoms with Gasteiger partial charge in [-0.25, -0.2) is 4.79 Å². The third-order valence-corrected chi connectivity index (χ3v) is 3.17. The molecule has 0 fully saturated rings. The number of carboxylic acids is 1. The van der Waals surface area contributed by atoms with Crippen molar-refractivity contribution >= 4 is 29.2 Å². The summed E-state index contributed by atoms with van der Waals surface area (Å²) in [5, 5.41) is 10.3. The molecule has 2 aromatic rings. The molecule has 2 rings (SSSR count). The highest BCUT2D eigenvalue weighted by Gasteiger charge is 2.20. The molecule has 0 spiro atoms. The van der Waals surface area contributed by atoms with Crippen molar-refractivity contribution in [2.45, 2.75) is 12.5 Å². The molecule has 0 bridgehead atoms. The van der Waals surface area contributed by atoms with E-state index in [4.69, 9.17) is 27.9 Å². The number of hydrogen-bond acceptors (Lipinski definition) is 2. The highest BCUT2D eigenvalue weighted by Crippen LogP contribution is 2.20. The van der Waals surface area contributed by atoms with Crippen molar-refractivity contribution in [1.29, 1.82) is 0 Å². The number of aliphatic carboxylic acids is 1. The van der Waals surface area contributed by atoms with Crippen LogP contribution in [0.15, 0.2) is 48.5 Å². The second-order valence-electron chi connectivity index (χ2n) is 4.23. The lowest BCUT2D eigenvalue weighted by molar-refractivity contribution is -0.145. The Morgan fingerprint density at radius 3 is 2.40 bits per heavy atom. The van der Waals surface area contributed by atoms with Crippen LogP contribution in [0.5, 0.6) is 5.75 Å². The van der Waals surface area contributed by atoms with E-state index in [2.05, 4.69) is 0 Å². The highest BCUT2D eigenvalue weighted by molar-refractivity contribution is 6.30. The van der Waals surface area contributed by atoms with Crippen molar-refractivity contribution in [3.8, 4) is 5.75 Å². The minimum Gasteiger partial charge on any atom is -0.478 e. The average molecular weight is 311 g/mol. The monoisotopic (exact) mass is 310 g/mol. The smallest absolute Gasteiger partial charge is 0.345 e. The molecule has 20 heavy (non-hydrogen) atoms. The first-order valence-corrected chi connectivity index (χ1v) is 6.69. The van der Waals surface area contributed by atoms with Crippen molar-refractivity contribution in [1.82, 2.24) is 0 Å². The topological polar surface area (TPSA) is 46.5 Å². The van der Waals surface area contributed by atoms with E-state index >= 15 is 0 Å². The lowest BCUT2D eigenvalue weighted by atomic mass is 10.1. The number of hydrogen-bond donors (Lipinski definition) is 1. The molecule has 1 N–H and O–H groups in total. The van der Waals surface area contributed by atoms with Gasteiger partial charge in [-0.05, 0) is 35.9 Å². The molecule has 104 valence electrons. The number of benzene rings is 2. The quantitative estimate of drug-likeness (QED) is 0.905. The summed E-state index contributed by atoms with van der Waals surface area (Å²) in [6.45, 7) is 0. The van der Waals surface area contributed by atoms with Crippen molar-refractivity contribution in [2.24, 2.45) is 0 Å². The molecule has 1 unspecified atom stereocenters. The van der Waals surface area contributed by atoms with Gasteiger partial charge in [-0.3, -0.25) is 0 Å². The summed E-state index contributed by atoms with van der Waals surface area (Å²) in [6, 6.07) is 13.6. The summed E-state index contributed by atoms with van der Waals surface area (Å²) in [6.07, 6.45) is -0.728. The third kappa shape index (κ3) is 4.15. The van der Waals surface area contributed by atoms with E-state index in [-0.39, 0.29) is 6.42 Å². The van der Waals surface area contributed by atoms with Crippen LogP contribution < -0.4 is 4.74 Å². The first-order valence-electron chi connectivity index (χ1n) is 5.94. The summed E-state index contributed by atoms with van der Waals surface area (Å²) >= 11 is 11.6. The fourth-order valence-corrected chi connectivity index (χ4v) is 2.02. The number of ether oxygens (including phenoxy) is 1. The van der Waals surface area contributed by atoms with Crippen LogP contribution in [0.3, 0.4) is 0 Å². The predicted octanol–water partition coefficient (Wildman–Crippen LogP) is 4.07. The van der Waals surface area contributed by atoms with Gasteiger partial charge in [0.1, 0.15) is 5.75 Å². The molecule has 0 aliphatic rings. The van der Waals surface area contributed by atoms with Gasteiger partial charge in [0.05, 0.1) is 0 Å². The van der Waals surface area contributed by atoms with Crippen molar-refractivity contribution < 1.29 is 14.6 Å². The second-order valence-corrected chi connectivity index (χ2v) is 5.11. The molecular formula is C15H12Cl2O3. The van der Waals surface area contributed by atoms with Gasteiger partial charge in [0.2, 0.25) is 0 Å². The van der Waals surface area contributed by atoms with Gasteiger partial charge < -0.3 is 9.84 Å². The summed E-state index contributed by atoms with van der Waals surface area (Å²) in [4.78, 5) is 11.3. The lowest BCUT2D eigenvalue weighted by Crippen LogP contribution is -2.29. The van der Waals surface area contributed by atoms with Crippen molar-refractivity contribution in [3.63, 3.8) is 0 Å². The minimum absolute atomic E-state index is 0.249. The van der Waals surface area contributed by atoms with Gasteiger partial charge in [0, 0.05) is 16.5 Å². The van der Waals surface area contributed by atoms with Crippen LogP contribution in [0, 0.1) is 0 Å². The van der Waals surface area contributed by atoms with Crippen LogP contribution in [0.25, 0.3) is 0 Å². The standard InChI is InChI=1S/C15H12Cl2O3/c16-11-6-4-10(5-7-11)8-14(15(18)19)20-13-3-1-2-12(17)9-13/h1-7,9,14H,8H2,(H,18,19). The second kappa shape index (κ2) is 6.64. The van der Waals surface area contributed by atoms with Crippen LogP contribution in [0.2, 0.25) is 10.0 Å². The van der Waals surface area contributed by atoms with E-state index in [0.717, 1.165) is 5.56 Å². The zero-order chi connectivity index (χ0) is 14.5. The molecule has 3 nitrogen and oxygen atoms in total. The van der Waals surface area contributed by atoms with Crippen molar-refractivity contribution in [3.05, 3.63) is 64.1 Å². The third-order valence-electron chi connectivity index (χ3n) is 2.68. The maximum Gasteiger partial charge on any atom is 0.345 e. The Bertz CT molecular complexity index is 596. The molecular weight excluding hydrogens is 299 g/mol. The molecule has 2 aromatic carbocycles. The molecule has 0 aromatic heterocycles. The van der Waals surface area contributed by atoms with Crippen LogP contribution in [-0.4, -0.2) is 17.2 Å². The minimum atomic E-state index is -1.03. The predicted molar refractivity (Wildman–Crippen MR) is 78.7 cm³/mol. The van der Waals surface area contributed by atoms with E-state index in [0.29, 0.717) is 15.8 Å². The number of halogens is 2. The molecule has 0 saturated carbocycles. The summed E-state index contributed by atoms with van der Waals surface area (Å²) in [5.41, 5.74) is 0.837. The van der Waals surface area contributed by atoms with Crippen LogP contribution in [0.1, 0.15) is 5.56 Å². The fourth-order valence-electron chi connectivity index (χ4n) is 1.72. The first kappa shape index (κ1) is 14.7. The first-order chi connectivity index (χ1) is 9.54. The number of rotatable bonds is 5. The Morgan fingerprint density at radius 1 is 1.10 bits per heavy atom. The maximum atomic E-state index is 11.3. The normalized spacial score (nSPS) is 11.9. The van der Waals surface area contributed by atoms with E-state index in [1.54, 1.807) is 48.5 Å². The number of carbonyl (C=O) groups is 1. The molecule has 0 radical (unpaired) electrons. The molecule has 5 heteroatoms. The maximum absolute atomic E-state index is 11.3. The van der Waals surface area contributed by atoms with Gasteiger partial charge in [-0.2, -0.15) is 0 Å². The van der Waals surface area contributed by atoms with Crippen LogP contribution in [-0.2, 0) is 11.2 Å². The van der Waals surface area contributed by atoms with Gasteiger partial charge in [0.15, 0.2) is 6.10 Å². The van der Waals surface area contributed by atoms with Gasteiger partial charge in [-0.1, -0.05) is 41.4 Å². The summed E-state index contributed by atoms with van der Waals surface area (Å²) in [7, 11) is 0. The average Bonchev–Trinajstić information content (AvgIpc) is 2.40.